The van der Waals surface area contributed by atoms with Crippen molar-refractivity contribution in [2.45, 2.75) is 168 Å². The second kappa shape index (κ2) is 26.7. The molecule has 33 heavy (non-hydrogen) atoms. The Bertz CT molecular complexity index is 417. The summed E-state index contributed by atoms with van der Waals surface area (Å²) in [5.74, 6) is 0. The van der Waals surface area contributed by atoms with Gasteiger partial charge >= 0.3 is 7.82 Å². The highest BCUT2D eigenvalue weighted by Crippen LogP contribution is 2.43. The molecular weight excluding hydrogens is 431 g/mol. The number of phosphoric ester groups is 1. The van der Waals surface area contributed by atoms with Crippen LogP contribution in [0.4, 0.5) is 0 Å². The topological polar surface area (TPSA) is 55.8 Å². The fourth-order valence-corrected chi connectivity index (χ4v) is 5.08. The highest BCUT2D eigenvalue weighted by molar-refractivity contribution is 7.47. The molecule has 1 N–H and O–H groups in total. The van der Waals surface area contributed by atoms with Crippen molar-refractivity contribution in [1.82, 2.24) is 0 Å². The van der Waals surface area contributed by atoms with Gasteiger partial charge in [-0.25, -0.2) is 4.57 Å². The molecule has 0 saturated carbocycles. The van der Waals surface area contributed by atoms with Gasteiger partial charge in [-0.3, -0.25) is 9.05 Å². The van der Waals surface area contributed by atoms with E-state index in [9.17, 15) is 9.46 Å². The minimum atomic E-state index is -3.86. The van der Waals surface area contributed by atoms with Gasteiger partial charge in [0.25, 0.3) is 0 Å². The first-order valence-electron chi connectivity index (χ1n) is 14.7. The summed E-state index contributed by atoms with van der Waals surface area (Å²) in [6, 6.07) is 0. The first-order chi connectivity index (χ1) is 16.1. The lowest BCUT2D eigenvalue weighted by Gasteiger charge is -2.12. The summed E-state index contributed by atoms with van der Waals surface area (Å²) in [7, 11) is -3.86. The quantitative estimate of drug-likeness (QED) is 0.0875. The Morgan fingerprint density at radius 3 is 0.879 bits per heavy atom. The number of hydrogen-bond acceptors (Lipinski definition) is 3. The number of hydrogen-bond donors (Lipinski definition) is 1. The standard InChI is InChI=1S/C28H59O4P/c1-3-5-7-9-11-13-15-16-17-18-20-22-24-26-28-32-33(29,30)31-27-25-23-21-19-14-12-10-8-6-4-2/h3-28H2,1-2H3,(H,29,30). The molecule has 4 nitrogen and oxygen atoms in total. The van der Waals surface area contributed by atoms with E-state index < -0.39 is 7.82 Å². The van der Waals surface area contributed by atoms with Gasteiger partial charge in [-0.15, -0.1) is 0 Å². The number of rotatable bonds is 28. The van der Waals surface area contributed by atoms with Crippen LogP contribution in [0.25, 0.3) is 0 Å². The summed E-state index contributed by atoms with van der Waals surface area (Å²) in [6.45, 7) is 5.17. The fourth-order valence-electron chi connectivity index (χ4n) is 4.28. The van der Waals surface area contributed by atoms with Crippen LogP contribution in [0.2, 0.25) is 0 Å². The SMILES string of the molecule is CCCCCCCCCCCCCCCCOP(=O)(O)OCCCCCCCCCCCC. The average molecular weight is 491 g/mol. The Hall–Kier alpha value is 0.110. The molecule has 0 amide bonds. The number of phosphoric acid groups is 1. The first kappa shape index (κ1) is 33.1. The van der Waals surface area contributed by atoms with Crippen LogP contribution in [0, 0.1) is 0 Å². The van der Waals surface area contributed by atoms with E-state index in [-0.39, 0.29) is 0 Å². The maximum absolute atomic E-state index is 11.9. The van der Waals surface area contributed by atoms with Crippen LogP contribution in [0.3, 0.4) is 0 Å². The Kier molecular flexibility index (Phi) is 26.8. The molecule has 200 valence electrons. The maximum Gasteiger partial charge on any atom is 0.472 e. The summed E-state index contributed by atoms with van der Waals surface area (Å²) in [5, 5.41) is 0. The molecule has 0 fully saturated rings. The largest absolute Gasteiger partial charge is 0.472 e. The summed E-state index contributed by atoms with van der Waals surface area (Å²) in [4.78, 5) is 9.77. The highest BCUT2D eigenvalue weighted by Gasteiger charge is 2.19. The van der Waals surface area contributed by atoms with Gasteiger partial charge in [0, 0.05) is 0 Å². The van der Waals surface area contributed by atoms with Crippen LogP contribution >= 0.6 is 7.82 Å². The lowest BCUT2D eigenvalue weighted by Crippen LogP contribution is -1.99. The lowest BCUT2D eigenvalue weighted by molar-refractivity contribution is 0.145. The zero-order valence-electron chi connectivity index (χ0n) is 22.5. The maximum atomic E-state index is 11.9. The lowest BCUT2D eigenvalue weighted by atomic mass is 10.0. The Balaban J connectivity index is 3.28. The van der Waals surface area contributed by atoms with E-state index in [2.05, 4.69) is 13.8 Å². The molecule has 0 aliphatic heterocycles. The molecule has 0 aromatic rings. The number of unbranched alkanes of at least 4 members (excludes halogenated alkanes) is 22. The molecule has 1 unspecified atom stereocenters. The minimum absolute atomic E-state index is 0.322. The second-order valence-corrected chi connectivity index (χ2v) is 11.4. The smallest absolute Gasteiger partial charge is 0.302 e. The van der Waals surface area contributed by atoms with Gasteiger partial charge in [0.15, 0.2) is 0 Å². The van der Waals surface area contributed by atoms with Crippen LogP contribution < -0.4 is 0 Å². The molecule has 0 bridgehead atoms. The van der Waals surface area contributed by atoms with Crippen LogP contribution in [-0.2, 0) is 13.6 Å². The molecule has 0 aromatic carbocycles. The Morgan fingerprint density at radius 1 is 0.424 bits per heavy atom. The van der Waals surface area contributed by atoms with E-state index in [0.29, 0.717) is 13.2 Å². The van der Waals surface area contributed by atoms with Gasteiger partial charge in [0.1, 0.15) is 0 Å². The zero-order chi connectivity index (χ0) is 24.3. The van der Waals surface area contributed by atoms with E-state index in [0.717, 1.165) is 25.7 Å². The van der Waals surface area contributed by atoms with Crippen molar-refractivity contribution in [3.8, 4) is 0 Å². The Morgan fingerprint density at radius 2 is 0.636 bits per heavy atom. The molecular formula is C28H59O4P. The van der Waals surface area contributed by atoms with Gasteiger partial charge in [0.2, 0.25) is 0 Å². The second-order valence-electron chi connectivity index (χ2n) is 9.91. The van der Waals surface area contributed by atoms with Crippen molar-refractivity contribution in [3.63, 3.8) is 0 Å². The van der Waals surface area contributed by atoms with Gasteiger partial charge in [-0.2, -0.15) is 0 Å². The Labute approximate surface area is 207 Å². The molecule has 5 heteroatoms. The first-order valence-corrected chi connectivity index (χ1v) is 16.2. The predicted molar refractivity (Wildman–Crippen MR) is 144 cm³/mol. The van der Waals surface area contributed by atoms with Crippen molar-refractivity contribution < 1.29 is 18.5 Å². The highest BCUT2D eigenvalue weighted by atomic mass is 31.2. The molecule has 1 atom stereocenters. The van der Waals surface area contributed by atoms with Crippen LogP contribution in [0.15, 0.2) is 0 Å². The van der Waals surface area contributed by atoms with Crippen molar-refractivity contribution in [3.05, 3.63) is 0 Å². The molecule has 0 saturated heterocycles. The van der Waals surface area contributed by atoms with Crippen molar-refractivity contribution in [1.29, 1.82) is 0 Å². The summed E-state index contributed by atoms with van der Waals surface area (Å²) >= 11 is 0. The van der Waals surface area contributed by atoms with Gasteiger partial charge < -0.3 is 4.89 Å². The minimum Gasteiger partial charge on any atom is -0.302 e. The third kappa shape index (κ3) is 28.2. The predicted octanol–water partition coefficient (Wildman–Crippen LogP) is 10.5. The van der Waals surface area contributed by atoms with Gasteiger partial charge in [0.05, 0.1) is 13.2 Å². The average Bonchev–Trinajstić information content (AvgIpc) is 2.80. The van der Waals surface area contributed by atoms with E-state index in [1.54, 1.807) is 0 Å². The van der Waals surface area contributed by atoms with E-state index >= 15 is 0 Å². The third-order valence-corrected chi connectivity index (χ3v) is 7.52. The molecule has 0 heterocycles. The van der Waals surface area contributed by atoms with Crippen molar-refractivity contribution >= 4 is 7.82 Å². The molecule has 0 aliphatic rings. The third-order valence-electron chi connectivity index (χ3n) is 6.50. The summed E-state index contributed by atoms with van der Waals surface area (Å²) < 4.78 is 22.1. The van der Waals surface area contributed by atoms with Gasteiger partial charge in [-0.05, 0) is 12.8 Å². The molecule has 0 rings (SSSR count). The van der Waals surface area contributed by atoms with Crippen LogP contribution in [0.1, 0.15) is 168 Å². The zero-order valence-corrected chi connectivity index (χ0v) is 23.4. The van der Waals surface area contributed by atoms with Crippen LogP contribution in [-0.4, -0.2) is 18.1 Å². The summed E-state index contributed by atoms with van der Waals surface area (Å²) in [6.07, 6.45) is 30.6. The monoisotopic (exact) mass is 490 g/mol. The normalized spacial score (nSPS) is 13.4. The molecule has 0 aromatic heterocycles. The van der Waals surface area contributed by atoms with Crippen molar-refractivity contribution in [2.24, 2.45) is 0 Å². The van der Waals surface area contributed by atoms with Crippen LogP contribution in [0.5, 0.6) is 0 Å². The van der Waals surface area contributed by atoms with Gasteiger partial charge in [-0.1, -0.05) is 155 Å². The van der Waals surface area contributed by atoms with E-state index in [4.69, 9.17) is 9.05 Å². The molecule has 0 radical (unpaired) electrons. The van der Waals surface area contributed by atoms with E-state index in [1.165, 1.54) is 128 Å². The fraction of sp³-hybridized carbons (Fsp3) is 1.00. The van der Waals surface area contributed by atoms with E-state index in [1.807, 2.05) is 0 Å². The molecule has 0 spiro atoms. The van der Waals surface area contributed by atoms with Crippen molar-refractivity contribution in [2.75, 3.05) is 13.2 Å². The summed E-state index contributed by atoms with van der Waals surface area (Å²) in [5.41, 5.74) is 0. The molecule has 0 aliphatic carbocycles.